The fourth-order valence-corrected chi connectivity index (χ4v) is 4.12. The van der Waals surface area contributed by atoms with Gasteiger partial charge in [-0.05, 0) is 18.9 Å². The molecule has 8 nitrogen and oxygen atoms in total. The van der Waals surface area contributed by atoms with E-state index in [4.69, 9.17) is 9.15 Å². The highest BCUT2D eigenvalue weighted by molar-refractivity contribution is 5.92. The number of aryl methyl sites for hydroxylation is 1. The minimum absolute atomic E-state index is 0.0259. The van der Waals surface area contributed by atoms with Gasteiger partial charge in [0.15, 0.2) is 0 Å². The van der Waals surface area contributed by atoms with Gasteiger partial charge >= 0.3 is 0 Å². The smallest absolute Gasteiger partial charge is 0.272 e. The molecule has 2 atom stereocenters. The molecule has 0 aromatic carbocycles. The maximum Gasteiger partial charge on any atom is 0.272 e. The molecule has 2 saturated heterocycles. The quantitative estimate of drug-likeness (QED) is 0.823. The number of likely N-dealkylation sites (tertiary alicyclic amines) is 1. The van der Waals surface area contributed by atoms with E-state index in [0.29, 0.717) is 56.1 Å². The number of rotatable bonds is 4. The molecule has 3 fully saturated rings. The van der Waals surface area contributed by atoms with Crippen LogP contribution in [0.15, 0.2) is 16.7 Å². The maximum atomic E-state index is 12.8. The third kappa shape index (κ3) is 2.47. The average molecular weight is 343 g/mol. The molecule has 2 aromatic rings. The molecular weight excluding hydrogens is 322 g/mol. The van der Waals surface area contributed by atoms with Gasteiger partial charge in [-0.2, -0.15) is 5.10 Å². The van der Waals surface area contributed by atoms with E-state index in [-0.39, 0.29) is 11.3 Å². The van der Waals surface area contributed by atoms with E-state index >= 15 is 0 Å². The molecule has 0 unspecified atom stereocenters. The number of hydrogen-bond acceptors (Lipinski definition) is 6. The van der Waals surface area contributed by atoms with Crippen molar-refractivity contribution in [3.63, 3.8) is 0 Å². The van der Waals surface area contributed by atoms with Gasteiger partial charge in [0.1, 0.15) is 5.69 Å². The van der Waals surface area contributed by atoms with E-state index in [9.17, 15) is 4.79 Å². The molecular formula is C17H21N5O3. The van der Waals surface area contributed by atoms with E-state index in [1.165, 1.54) is 0 Å². The number of aromatic nitrogens is 4. The van der Waals surface area contributed by atoms with Crippen molar-refractivity contribution >= 4 is 5.91 Å². The lowest BCUT2D eigenvalue weighted by atomic mass is 9.78. The van der Waals surface area contributed by atoms with Crippen LogP contribution in [0, 0.1) is 11.3 Å². The Hall–Kier alpha value is -2.22. The van der Waals surface area contributed by atoms with E-state index in [1.807, 2.05) is 4.90 Å². The number of carbonyl (C=O) groups excluding carboxylic acids is 1. The van der Waals surface area contributed by atoms with Gasteiger partial charge in [-0.3, -0.25) is 9.48 Å². The summed E-state index contributed by atoms with van der Waals surface area (Å²) in [7, 11) is 1.79. The van der Waals surface area contributed by atoms with Gasteiger partial charge in [-0.25, -0.2) is 0 Å². The van der Waals surface area contributed by atoms with Crippen LogP contribution in [0.2, 0.25) is 0 Å². The third-order valence-corrected chi connectivity index (χ3v) is 5.76. The van der Waals surface area contributed by atoms with Crippen molar-refractivity contribution in [3.8, 4) is 0 Å². The van der Waals surface area contributed by atoms with E-state index in [1.54, 1.807) is 24.0 Å². The number of nitrogens with zero attached hydrogens (tertiary/aromatic N) is 5. The Bertz CT molecular complexity index is 811. The fourth-order valence-electron chi connectivity index (χ4n) is 4.12. The van der Waals surface area contributed by atoms with Crippen LogP contribution in [0.4, 0.5) is 0 Å². The van der Waals surface area contributed by atoms with Crippen molar-refractivity contribution in [2.75, 3.05) is 26.3 Å². The lowest BCUT2D eigenvalue weighted by molar-refractivity contribution is 0.0704. The van der Waals surface area contributed by atoms with Gasteiger partial charge in [0.2, 0.25) is 11.8 Å². The van der Waals surface area contributed by atoms with Crippen molar-refractivity contribution < 1.29 is 13.9 Å². The Balaban J connectivity index is 1.36. The second kappa shape index (κ2) is 5.39. The summed E-state index contributed by atoms with van der Waals surface area (Å²) in [5, 5.41) is 12.5. The Labute approximate surface area is 145 Å². The minimum atomic E-state index is -0.123. The van der Waals surface area contributed by atoms with Crippen LogP contribution in [0.25, 0.3) is 0 Å². The summed E-state index contributed by atoms with van der Waals surface area (Å²) in [6.07, 6.45) is 4.62. The zero-order chi connectivity index (χ0) is 17.0. The lowest BCUT2D eigenvalue weighted by Crippen LogP contribution is -2.36. The van der Waals surface area contributed by atoms with Gasteiger partial charge in [0, 0.05) is 50.0 Å². The van der Waals surface area contributed by atoms with Crippen molar-refractivity contribution in [2.45, 2.75) is 25.2 Å². The van der Waals surface area contributed by atoms with Crippen molar-refractivity contribution in [1.82, 2.24) is 24.9 Å². The van der Waals surface area contributed by atoms with E-state index in [2.05, 4.69) is 15.3 Å². The highest BCUT2D eigenvalue weighted by Crippen LogP contribution is 2.45. The Kier molecular flexibility index (Phi) is 3.25. The molecule has 3 aliphatic rings. The predicted octanol–water partition coefficient (Wildman–Crippen LogP) is 1.01. The first-order chi connectivity index (χ1) is 12.1. The zero-order valence-corrected chi connectivity index (χ0v) is 14.2. The Morgan fingerprint density at radius 1 is 1.40 bits per heavy atom. The second-order valence-corrected chi connectivity index (χ2v) is 7.59. The zero-order valence-electron chi connectivity index (χ0n) is 14.2. The first kappa shape index (κ1) is 15.1. The molecule has 1 amide bonds. The highest BCUT2D eigenvalue weighted by atomic mass is 16.5. The fraction of sp³-hybridized carbons (Fsp3) is 0.647. The molecule has 0 radical (unpaired) electrons. The first-order valence-corrected chi connectivity index (χ1v) is 8.82. The molecule has 132 valence electrons. The molecule has 0 spiro atoms. The maximum absolute atomic E-state index is 12.8. The largest absolute Gasteiger partial charge is 0.425 e. The predicted molar refractivity (Wildman–Crippen MR) is 85.8 cm³/mol. The molecule has 8 heteroatoms. The molecule has 5 rings (SSSR count). The molecule has 2 aromatic heterocycles. The third-order valence-electron chi connectivity index (χ3n) is 5.76. The standard InChI is InChI=1S/C17H21N5O3/c1-21-13(4-5-18-21)16(23)22-7-12-8-24-10-17(12,9-22)6-14-19-20-15(25-14)11-2-3-11/h4-5,11-12H,2-3,6-10H2,1H3/t12-,17+/m0/s1. The van der Waals surface area contributed by atoms with Crippen LogP contribution in [-0.2, 0) is 18.2 Å². The van der Waals surface area contributed by atoms with Gasteiger partial charge in [0.05, 0.1) is 13.2 Å². The molecule has 25 heavy (non-hydrogen) atoms. The molecule has 0 bridgehead atoms. The number of fused-ring (bicyclic) bond motifs is 1. The lowest BCUT2D eigenvalue weighted by Gasteiger charge is -2.25. The van der Waals surface area contributed by atoms with Crippen molar-refractivity contribution in [2.24, 2.45) is 18.4 Å². The Morgan fingerprint density at radius 3 is 3.04 bits per heavy atom. The summed E-state index contributed by atoms with van der Waals surface area (Å²) < 4.78 is 13.2. The van der Waals surface area contributed by atoms with Crippen molar-refractivity contribution in [3.05, 3.63) is 29.7 Å². The van der Waals surface area contributed by atoms with Gasteiger partial charge in [0.25, 0.3) is 5.91 Å². The first-order valence-electron chi connectivity index (χ1n) is 8.82. The van der Waals surface area contributed by atoms with Crippen LogP contribution in [0.1, 0.15) is 41.0 Å². The molecule has 1 aliphatic carbocycles. The number of amides is 1. The van der Waals surface area contributed by atoms with Crippen LogP contribution in [-0.4, -0.2) is 57.1 Å². The number of ether oxygens (including phenoxy) is 1. The van der Waals surface area contributed by atoms with Gasteiger partial charge in [-0.1, -0.05) is 0 Å². The van der Waals surface area contributed by atoms with E-state index < -0.39 is 0 Å². The SMILES string of the molecule is Cn1nccc1C(=O)N1C[C@H]2COC[C@@]2(Cc2nnc(C3CC3)o2)C1. The molecule has 1 saturated carbocycles. The molecule has 0 N–H and O–H groups in total. The molecule has 2 aliphatic heterocycles. The summed E-state index contributed by atoms with van der Waals surface area (Å²) in [5.74, 6) is 2.23. The van der Waals surface area contributed by atoms with Crippen LogP contribution in [0.5, 0.6) is 0 Å². The van der Waals surface area contributed by atoms with Crippen LogP contribution < -0.4 is 0 Å². The van der Waals surface area contributed by atoms with Gasteiger partial charge < -0.3 is 14.1 Å². The van der Waals surface area contributed by atoms with Crippen LogP contribution in [0.3, 0.4) is 0 Å². The monoisotopic (exact) mass is 343 g/mol. The van der Waals surface area contributed by atoms with Gasteiger partial charge in [-0.15, -0.1) is 10.2 Å². The average Bonchev–Trinajstić information content (AvgIpc) is 2.93. The highest BCUT2D eigenvalue weighted by Gasteiger charge is 2.53. The summed E-state index contributed by atoms with van der Waals surface area (Å²) >= 11 is 0. The summed E-state index contributed by atoms with van der Waals surface area (Å²) in [4.78, 5) is 14.7. The number of hydrogen-bond donors (Lipinski definition) is 0. The topological polar surface area (TPSA) is 86.3 Å². The van der Waals surface area contributed by atoms with Crippen molar-refractivity contribution in [1.29, 1.82) is 0 Å². The minimum Gasteiger partial charge on any atom is -0.425 e. The second-order valence-electron chi connectivity index (χ2n) is 7.59. The summed E-state index contributed by atoms with van der Waals surface area (Å²) in [5.41, 5.74) is 0.492. The summed E-state index contributed by atoms with van der Waals surface area (Å²) in [6.45, 7) is 2.67. The normalized spacial score (nSPS) is 28.5. The summed E-state index contributed by atoms with van der Waals surface area (Å²) in [6, 6.07) is 1.76. The molecule has 4 heterocycles. The van der Waals surface area contributed by atoms with Crippen LogP contribution >= 0.6 is 0 Å². The number of carbonyl (C=O) groups is 1. The van der Waals surface area contributed by atoms with E-state index in [0.717, 1.165) is 18.7 Å². The Morgan fingerprint density at radius 2 is 2.28 bits per heavy atom.